The normalized spacial score (nSPS) is 11.2. The predicted octanol–water partition coefficient (Wildman–Crippen LogP) is 9.61. The lowest BCUT2D eigenvalue weighted by molar-refractivity contribution is 0.670. The number of furan rings is 1. The Bertz CT molecular complexity index is 2000. The molecule has 0 atom stereocenters. The molecular weight excluding hydrogens is 450 g/mol. The van der Waals surface area contributed by atoms with Crippen LogP contribution in [0.1, 0.15) is 5.56 Å². The zero-order valence-electron chi connectivity index (χ0n) is 20.0. The number of fused-ring (bicyclic) bond motifs is 4. The maximum absolute atomic E-state index is 9.26. The molecule has 0 saturated carbocycles. The van der Waals surface area contributed by atoms with Crippen LogP contribution in [0.3, 0.4) is 0 Å². The van der Waals surface area contributed by atoms with Gasteiger partial charge in [0.15, 0.2) is 0 Å². The number of hydrogen-bond acceptors (Lipinski definition) is 2. The second-order valence-electron chi connectivity index (χ2n) is 9.33. The van der Waals surface area contributed by atoms with Gasteiger partial charge >= 0.3 is 0 Å². The van der Waals surface area contributed by atoms with Gasteiger partial charge in [0.1, 0.15) is 11.2 Å². The molecule has 0 amide bonds. The summed E-state index contributed by atoms with van der Waals surface area (Å²) in [4.78, 5) is 0. The molecule has 37 heavy (non-hydrogen) atoms. The lowest BCUT2D eigenvalue weighted by Crippen LogP contribution is -1.84. The lowest BCUT2D eigenvalue weighted by atomic mass is 9.95. The molecule has 0 unspecified atom stereocenters. The fraction of sp³-hybridized carbons (Fsp3) is 0. The van der Waals surface area contributed by atoms with Crippen molar-refractivity contribution in [2.45, 2.75) is 0 Å². The molecule has 0 radical (unpaired) electrons. The molecule has 1 aromatic heterocycles. The highest BCUT2D eigenvalue weighted by Crippen LogP contribution is 2.37. The fourth-order valence-corrected chi connectivity index (χ4v) is 5.21. The average Bonchev–Trinajstić information content (AvgIpc) is 3.36. The first-order valence-electron chi connectivity index (χ1n) is 12.3. The summed E-state index contributed by atoms with van der Waals surface area (Å²) in [5, 5.41) is 13.9. The van der Waals surface area contributed by atoms with Crippen LogP contribution in [0.4, 0.5) is 0 Å². The van der Waals surface area contributed by atoms with E-state index in [1.807, 2.05) is 36.4 Å². The molecular formula is C35H21NO. The molecule has 0 aliphatic rings. The summed E-state index contributed by atoms with van der Waals surface area (Å²) in [6, 6.07) is 46.2. The summed E-state index contributed by atoms with van der Waals surface area (Å²) in [6.07, 6.45) is 0. The number of nitrogens with zero attached hydrogens (tertiary/aromatic N) is 1. The van der Waals surface area contributed by atoms with E-state index in [2.05, 4.69) is 97.1 Å². The molecule has 7 aromatic rings. The third-order valence-corrected chi connectivity index (χ3v) is 7.08. The van der Waals surface area contributed by atoms with Gasteiger partial charge in [0.25, 0.3) is 0 Å². The smallest absolute Gasteiger partial charge is 0.143 e. The first kappa shape index (κ1) is 21.2. The van der Waals surface area contributed by atoms with Crippen molar-refractivity contribution in [1.29, 1.82) is 5.26 Å². The van der Waals surface area contributed by atoms with E-state index in [0.29, 0.717) is 5.56 Å². The van der Waals surface area contributed by atoms with Gasteiger partial charge in [0.05, 0.1) is 11.6 Å². The van der Waals surface area contributed by atoms with Crippen LogP contribution in [0.5, 0.6) is 0 Å². The monoisotopic (exact) mass is 471 g/mol. The van der Waals surface area contributed by atoms with E-state index in [1.165, 1.54) is 10.8 Å². The number of nitriles is 1. The number of hydrogen-bond donors (Lipinski definition) is 0. The first-order valence-corrected chi connectivity index (χ1v) is 12.3. The largest absolute Gasteiger partial charge is 0.455 e. The summed E-state index contributed by atoms with van der Waals surface area (Å²) in [5.41, 5.74) is 9.22. The molecule has 1 heterocycles. The minimum Gasteiger partial charge on any atom is -0.455 e. The quantitative estimate of drug-likeness (QED) is 0.257. The maximum Gasteiger partial charge on any atom is 0.143 e. The highest BCUT2D eigenvalue weighted by atomic mass is 16.3. The minimum atomic E-state index is 0.669. The van der Waals surface area contributed by atoms with E-state index >= 15 is 0 Å². The van der Waals surface area contributed by atoms with Crippen molar-refractivity contribution < 1.29 is 4.42 Å². The van der Waals surface area contributed by atoms with Gasteiger partial charge in [-0.25, -0.2) is 0 Å². The van der Waals surface area contributed by atoms with Gasteiger partial charge in [-0.3, -0.25) is 0 Å². The van der Waals surface area contributed by atoms with Gasteiger partial charge in [-0.05, 0) is 75.0 Å². The molecule has 6 aromatic carbocycles. The van der Waals surface area contributed by atoms with E-state index < -0.39 is 0 Å². The van der Waals surface area contributed by atoms with Crippen molar-refractivity contribution in [3.8, 4) is 39.4 Å². The van der Waals surface area contributed by atoms with Crippen LogP contribution in [0.15, 0.2) is 132 Å². The Morgan fingerprint density at radius 1 is 0.486 bits per heavy atom. The average molecular weight is 472 g/mol. The Kier molecular flexibility index (Phi) is 4.87. The SMILES string of the molecule is N#Cc1cccc(-c2cccc(-c3ccc4cc(-c5cccc6c5oc5ccccc56)ccc4c3)c2)c1. The van der Waals surface area contributed by atoms with Crippen LogP contribution in [0.2, 0.25) is 0 Å². The van der Waals surface area contributed by atoms with E-state index in [9.17, 15) is 5.26 Å². The number of para-hydroxylation sites is 2. The van der Waals surface area contributed by atoms with Crippen LogP contribution in [0.25, 0.3) is 66.1 Å². The fourth-order valence-electron chi connectivity index (χ4n) is 5.21. The molecule has 2 nitrogen and oxygen atoms in total. The van der Waals surface area contributed by atoms with E-state index in [4.69, 9.17) is 4.42 Å². The molecule has 0 N–H and O–H groups in total. The predicted molar refractivity (Wildman–Crippen MR) is 152 cm³/mol. The van der Waals surface area contributed by atoms with Gasteiger partial charge in [0.2, 0.25) is 0 Å². The molecule has 0 aliphatic heterocycles. The summed E-state index contributed by atoms with van der Waals surface area (Å²) in [6.45, 7) is 0. The highest BCUT2D eigenvalue weighted by molar-refractivity contribution is 6.10. The number of rotatable bonds is 3. The zero-order chi connectivity index (χ0) is 24.8. The molecule has 2 heteroatoms. The summed E-state index contributed by atoms with van der Waals surface area (Å²) >= 11 is 0. The highest BCUT2D eigenvalue weighted by Gasteiger charge is 2.12. The van der Waals surface area contributed by atoms with Crippen LogP contribution in [0, 0.1) is 11.3 Å². The maximum atomic E-state index is 9.26. The van der Waals surface area contributed by atoms with E-state index in [1.54, 1.807) is 0 Å². The van der Waals surface area contributed by atoms with Crippen LogP contribution < -0.4 is 0 Å². The molecule has 172 valence electrons. The van der Waals surface area contributed by atoms with Crippen molar-refractivity contribution in [2.24, 2.45) is 0 Å². The van der Waals surface area contributed by atoms with Crippen LogP contribution in [-0.4, -0.2) is 0 Å². The van der Waals surface area contributed by atoms with Gasteiger partial charge < -0.3 is 4.42 Å². The van der Waals surface area contributed by atoms with Crippen molar-refractivity contribution in [3.05, 3.63) is 133 Å². The second kappa shape index (κ2) is 8.52. The van der Waals surface area contributed by atoms with Crippen molar-refractivity contribution >= 4 is 32.7 Å². The van der Waals surface area contributed by atoms with E-state index in [0.717, 1.165) is 55.3 Å². The molecule has 0 aliphatic carbocycles. The topological polar surface area (TPSA) is 36.9 Å². The van der Waals surface area contributed by atoms with Crippen molar-refractivity contribution in [1.82, 2.24) is 0 Å². The molecule has 0 saturated heterocycles. The van der Waals surface area contributed by atoms with E-state index in [-0.39, 0.29) is 0 Å². The van der Waals surface area contributed by atoms with Crippen LogP contribution in [-0.2, 0) is 0 Å². The molecule has 0 bridgehead atoms. The summed E-state index contributed by atoms with van der Waals surface area (Å²) in [7, 11) is 0. The Balaban J connectivity index is 1.28. The summed E-state index contributed by atoms with van der Waals surface area (Å²) in [5.74, 6) is 0. The molecule has 0 fully saturated rings. The van der Waals surface area contributed by atoms with Gasteiger partial charge in [-0.15, -0.1) is 0 Å². The van der Waals surface area contributed by atoms with Gasteiger partial charge in [0, 0.05) is 16.3 Å². The van der Waals surface area contributed by atoms with Crippen molar-refractivity contribution in [3.63, 3.8) is 0 Å². The third-order valence-electron chi connectivity index (χ3n) is 7.08. The lowest BCUT2D eigenvalue weighted by Gasteiger charge is -2.09. The number of benzene rings is 6. The third kappa shape index (κ3) is 3.66. The second-order valence-corrected chi connectivity index (χ2v) is 9.33. The standard InChI is InChI=1S/C35H21NO/c36-22-23-6-3-7-24(18-23)25-8-4-9-26(19-25)27-14-15-29-21-30(17-16-28(29)20-27)31-11-5-12-33-32-10-1-2-13-34(32)37-35(31)33/h1-21H. The minimum absolute atomic E-state index is 0.669. The van der Waals surface area contributed by atoms with Gasteiger partial charge in [-0.1, -0.05) is 91.0 Å². The van der Waals surface area contributed by atoms with Crippen LogP contribution >= 0.6 is 0 Å². The zero-order valence-corrected chi connectivity index (χ0v) is 20.0. The summed E-state index contributed by atoms with van der Waals surface area (Å²) < 4.78 is 6.27. The van der Waals surface area contributed by atoms with Crippen molar-refractivity contribution in [2.75, 3.05) is 0 Å². The first-order chi connectivity index (χ1) is 18.3. The molecule has 7 rings (SSSR count). The Morgan fingerprint density at radius 2 is 1.11 bits per heavy atom. The van der Waals surface area contributed by atoms with Gasteiger partial charge in [-0.2, -0.15) is 5.26 Å². The Labute approximate surface area is 214 Å². The Hall–Kier alpha value is -5.13. The molecule has 0 spiro atoms. The Morgan fingerprint density at radius 3 is 1.92 bits per heavy atom.